The zero-order valence-electron chi connectivity index (χ0n) is 10.9. The molecule has 0 spiro atoms. The summed E-state index contributed by atoms with van der Waals surface area (Å²) in [6, 6.07) is 5.44. The quantitative estimate of drug-likeness (QED) is 0.532. The highest BCUT2D eigenvalue weighted by atomic mass is 32.2. The minimum Gasteiger partial charge on any atom is -0.313 e. The number of nitro groups is 1. The van der Waals surface area contributed by atoms with Crippen LogP contribution in [0.3, 0.4) is 0 Å². The molecule has 0 saturated carbocycles. The van der Waals surface area contributed by atoms with E-state index in [0.29, 0.717) is 6.04 Å². The van der Waals surface area contributed by atoms with E-state index in [1.165, 1.54) is 25.3 Å². The normalized spacial score (nSPS) is 19.3. The van der Waals surface area contributed by atoms with E-state index in [2.05, 4.69) is 10.3 Å². The predicted molar refractivity (Wildman–Crippen MR) is 82.6 cm³/mol. The molecule has 1 saturated heterocycles. The first-order valence-corrected chi connectivity index (χ1v) is 8.44. The Morgan fingerprint density at radius 2 is 2.40 bits per heavy atom. The van der Waals surface area contributed by atoms with E-state index in [1.54, 1.807) is 35.2 Å². The molecule has 2 heterocycles. The van der Waals surface area contributed by atoms with Crippen molar-refractivity contribution >= 4 is 39.0 Å². The highest BCUT2D eigenvalue weighted by molar-refractivity contribution is 8.01. The Labute approximate surface area is 124 Å². The number of benzene rings is 1. The van der Waals surface area contributed by atoms with Gasteiger partial charge in [-0.25, -0.2) is 4.98 Å². The average molecular weight is 309 g/mol. The van der Waals surface area contributed by atoms with Crippen LogP contribution in [0.15, 0.2) is 22.5 Å². The molecule has 1 atom stereocenters. The molecule has 0 aliphatic carbocycles. The fourth-order valence-corrected chi connectivity index (χ4v) is 4.49. The number of aromatic nitrogens is 1. The molecule has 20 heavy (non-hydrogen) atoms. The molecule has 1 N–H and O–H groups in total. The standard InChI is InChI=1S/C13H15N3O2S2/c17-16(18)10-4-5-12-11(7-10)15-13(20-12)19-8-9-3-1-2-6-14-9/h4-5,7,9,14H,1-3,6,8H2/t9-/m0/s1. The zero-order chi connectivity index (χ0) is 13.9. The van der Waals surface area contributed by atoms with Gasteiger partial charge < -0.3 is 5.32 Å². The summed E-state index contributed by atoms with van der Waals surface area (Å²) in [6.45, 7) is 1.11. The average Bonchev–Trinajstić information content (AvgIpc) is 2.88. The van der Waals surface area contributed by atoms with Gasteiger partial charge in [0.2, 0.25) is 0 Å². The molecule has 0 radical (unpaired) electrons. The number of non-ortho nitro benzene ring substituents is 1. The SMILES string of the molecule is O=[N+]([O-])c1ccc2sc(SC[C@@H]3CCCCN3)nc2c1. The van der Waals surface area contributed by atoms with Crippen molar-refractivity contribution in [2.45, 2.75) is 29.6 Å². The van der Waals surface area contributed by atoms with Gasteiger partial charge in [0.15, 0.2) is 4.34 Å². The monoisotopic (exact) mass is 309 g/mol. The number of piperidine rings is 1. The van der Waals surface area contributed by atoms with Crippen LogP contribution in [0.5, 0.6) is 0 Å². The lowest BCUT2D eigenvalue weighted by atomic mass is 10.1. The van der Waals surface area contributed by atoms with Gasteiger partial charge in [-0.15, -0.1) is 11.3 Å². The Morgan fingerprint density at radius 3 is 3.15 bits per heavy atom. The topological polar surface area (TPSA) is 68.1 Å². The van der Waals surface area contributed by atoms with Gasteiger partial charge in [0.05, 0.1) is 15.1 Å². The molecule has 1 aromatic carbocycles. The Bertz CT molecular complexity index is 623. The van der Waals surface area contributed by atoms with E-state index < -0.39 is 0 Å². The number of nitro benzene ring substituents is 1. The van der Waals surface area contributed by atoms with E-state index >= 15 is 0 Å². The van der Waals surface area contributed by atoms with Crippen molar-refractivity contribution in [2.24, 2.45) is 0 Å². The van der Waals surface area contributed by atoms with E-state index in [9.17, 15) is 10.1 Å². The fourth-order valence-electron chi connectivity index (χ4n) is 2.31. The summed E-state index contributed by atoms with van der Waals surface area (Å²) in [7, 11) is 0. The third-order valence-corrected chi connectivity index (χ3v) is 5.72. The van der Waals surface area contributed by atoms with E-state index in [0.717, 1.165) is 26.9 Å². The van der Waals surface area contributed by atoms with Gasteiger partial charge in [0.1, 0.15) is 0 Å². The maximum absolute atomic E-state index is 10.8. The van der Waals surface area contributed by atoms with Crippen LogP contribution in [-0.4, -0.2) is 28.2 Å². The summed E-state index contributed by atoms with van der Waals surface area (Å²) in [5, 5.41) is 14.3. The van der Waals surface area contributed by atoms with Gasteiger partial charge in [-0.2, -0.15) is 0 Å². The van der Waals surface area contributed by atoms with Crippen molar-refractivity contribution in [2.75, 3.05) is 12.3 Å². The second-order valence-corrected chi connectivity index (χ2v) is 7.14. The lowest BCUT2D eigenvalue weighted by molar-refractivity contribution is -0.384. The summed E-state index contributed by atoms with van der Waals surface area (Å²) in [5.74, 6) is 1.02. The van der Waals surface area contributed by atoms with Crippen LogP contribution in [0, 0.1) is 10.1 Å². The molecule has 106 valence electrons. The van der Waals surface area contributed by atoms with Crippen LogP contribution in [-0.2, 0) is 0 Å². The molecule has 1 aliphatic rings. The molecule has 1 aliphatic heterocycles. The van der Waals surface area contributed by atoms with Crippen LogP contribution >= 0.6 is 23.1 Å². The van der Waals surface area contributed by atoms with Crippen molar-refractivity contribution in [1.82, 2.24) is 10.3 Å². The maximum Gasteiger partial charge on any atom is 0.271 e. The van der Waals surface area contributed by atoms with Crippen LogP contribution in [0.25, 0.3) is 10.2 Å². The lowest BCUT2D eigenvalue weighted by Gasteiger charge is -2.22. The Morgan fingerprint density at radius 1 is 1.50 bits per heavy atom. The third-order valence-electron chi connectivity index (χ3n) is 3.38. The lowest BCUT2D eigenvalue weighted by Crippen LogP contribution is -2.35. The van der Waals surface area contributed by atoms with Crippen molar-refractivity contribution in [3.63, 3.8) is 0 Å². The molecule has 0 bridgehead atoms. The van der Waals surface area contributed by atoms with Gasteiger partial charge in [-0.05, 0) is 25.5 Å². The Balaban J connectivity index is 1.70. The largest absolute Gasteiger partial charge is 0.313 e. The van der Waals surface area contributed by atoms with Gasteiger partial charge in [-0.1, -0.05) is 18.2 Å². The summed E-state index contributed by atoms with van der Waals surface area (Å²) in [5.41, 5.74) is 0.830. The van der Waals surface area contributed by atoms with Crippen molar-refractivity contribution in [1.29, 1.82) is 0 Å². The van der Waals surface area contributed by atoms with E-state index in [-0.39, 0.29) is 10.6 Å². The minimum atomic E-state index is -0.377. The summed E-state index contributed by atoms with van der Waals surface area (Å²) in [4.78, 5) is 14.9. The third kappa shape index (κ3) is 3.11. The van der Waals surface area contributed by atoms with Gasteiger partial charge in [0, 0.05) is 23.9 Å². The number of rotatable bonds is 4. The molecule has 2 aromatic rings. The molecule has 5 nitrogen and oxygen atoms in total. The molecule has 1 fully saturated rings. The molecule has 7 heteroatoms. The molecule has 0 unspecified atom stereocenters. The molecule has 1 aromatic heterocycles. The summed E-state index contributed by atoms with van der Waals surface area (Å²) in [6.07, 6.45) is 3.79. The van der Waals surface area contributed by atoms with Crippen LogP contribution < -0.4 is 5.32 Å². The van der Waals surface area contributed by atoms with Crippen molar-refractivity contribution < 1.29 is 4.92 Å². The van der Waals surface area contributed by atoms with Gasteiger partial charge in [-0.3, -0.25) is 10.1 Å². The fraction of sp³-hybridized carbons (Fsp3) is 0.462. The highest BCUT2D eigenvalue weighted by Gasteiger charge is 2.15. The van der Waals surface area contributed by atoms with Gasteiger partial charge in [0.25, 0.3) is 5.69 Å². The number of nitrogens with one attached hydrogen (secondary N) is 1. The second-order valence-electron chi connectivity index (χ2n) is 4.85. The van der Waals surface area contributed by atoms with Crippen LogP contribution in [0.1, 0.15) is 19.3 Å². The number of nitrogens with zero attached hydrogens (tertiary/aromatic N) is 2. The molecule has 3 rings (SSSR count). The number of thiazole rings is 1. The molecular formula is C13H15N3O2S2. The smallest absolute Gasteiger partial charge is 0.271 e. The predicted octanol–water partition coefficient (Wildman–Crippen LogP) is 3.44. The molecular weight excluding hydrogens is 294 g/mol. The number of fused-ring (bicyclic) bond motifs is 1. The second kappa shape index (κ2) is 6.07. The van der Waals surface area contributed by atoms with Crippen LogP contribution in [0.2, 0.25) is 0 Å². The Hall–Kier alpha value is -1.18. The first-order valence-electron chi connectivity index (χ1n) is 6.63. The molecule has 0 amide bonds. The van der Waals surface area contributed by atoms with E-state index in [4.69, 9.17) is 0 Å². The number of hydrogen-bond donors (Lipinski definition) is 1. The van der Waals surface area contributed by atoms with Crippen LogP contribution in [0.4, 0.5) is 5.69 Å². The maximum atomic E-state index is 10.8. The highest BCUT2D eigenvalue weighted by Crippen LogP contribution is 2.32. The first kappa shape index (κ1) is 13.8. The van der Waals surface area contributed by atoms with E-state index in [1.807, 2.05) is 0 Å². The first-order chi connectivity index (χ1) is 9.72. The number of thioether (sulfide) groups is 1. The van der Waals surface area contributed by atoms with Crippen molar-refractivity contribution in [3.8, 4) is 0 Å². The minimum absolute atomic E-state index is 0.105. The van der Waals surface area contributed by atoms with Crippen molar-refractivity contribution in [3.05, 3.63) is 28.3 Å². The van der Waals surface area contributed by atoms with Gasteiger partial charge >= 0.3 is 0 Å². The number of hydrogen-bond acceptors (Lipinski definition) is 6. The Kier molecular flexibility index (Phi) is 4.18. The summed E-state index contributed by atoms with van der Waals surface area (Å²) >= 11 is 3.35. The summed E-state index contributed by atoms with van der Waals surface area (Å²) < 4.78 is 2.00. The zero-order valence-corrected chi connectivity index (χ0v) is 12.5.